The molecule has 6 nitrogen and oxygen atoms in total. The van der Waals surface area contributed by atoms with Crippen molar-refractivity contribution >= 4 is 23.2 Å². The van der Waals surface area contributed by atoms with Crippen molar-refractivity contribution in [3.63, 3.8) is 0 Å². The van der Waals surface area contributed by atoms with Crippen LogP contribution in [0.4, 0.5) is 0 Å². The summed E-state index contributed by atoms with van der Waals surface area (Å²) >= 11 is 1.13. The van der Waals surface area contributed by atoms with Crippen LogP contribution in [0.1, 0.15) is 31.4 Å². The standard InChI is InChI=1S/C13H19N3O3S/c1-9-8-20-13(19)16(9)7-5-11(17)15-10-4-2-3-6-14-12(10)18/h8,10H,2-7H2,1H3,(H,14,18)(H,15,17). The molecule has 0 bridgehead atoms. The second-order valence-corrected chi connectivity index (χ2v) is 5.77. The van der Waals surface area contributed by atoms with Gasteiger partial charge in [0.25, 0.3) is 0 Å². The van der Waals surface area contributed by atoms with E-state index >= 15 is 0 Å². The van der Waals surface area contributed by atoms with E-state index in [2.05, 4.69) is 10.6 Å². The zero-order valence-electron chi connectivity index (χ0n) is 11.5. The van der Waals surface area contributed by atoms with Crippen LogP contribution in [0.3, 0.4) is 0 Å². The molecule has 1 fully saturated rings. The van der Waals surface area contributed by atoms with Gasteiger partial charge in [0.15, 0.2) is 0 Å². The van der Waals surface area contributed by atoms with Gasteiger partial charge in [-0.1, -0.05) is 11.3 Å². The van der Waals surface area contributed by atoms with Gasteiger partial charge in [-0.3, -0.25) is 14.4 Å². The number of hydrogen-bond donors (Lipinski definition) is 2. The Morgan fingerprint density at radius 2 is 2.30 bits per heavy atom. The lowest BCUT2D eigenvalue weighted by atomic mass is 10.1. The normalized spacial score (nSPS) is 19.2. The first-order valence-electron chi connectivity index (χ1n) is 6.80. The molecule has 0 spiro atoms. The average Bonchev–Trinajstić information content (AvgIpc) is 2.60. The van der Waals surface area contributed by atoms with E-state index in [9.17, 15) is 14.4 Å². The Balaban J connectivity index is 1.86. The molecule has 2 N–H and O–H groups in total. The fourth-order valence-corrected chi connectivity index (χ4v) is 2.99. The molecular formula is C13H19N3O3S. The Labute approximate surface area is 121 Å². The highest BCUT2D eigenvalue weighted by Crippen LogP contribution is 2.06. The lowest BCUT2D eigenvalue weighted by molar-refractivity contribution is -0.128. The number of thiazole rings is 1. The zero-order valence-corrected chi connectivity index (χ0v) is 12.3. The number of carbonyl (C=O) groups excluding carboxylic acids is 2. The van der Waals surface area contributed by atoms with Gasteiger partial charge in [-0.25, -0.2) is 0 Å². The summed E-state index contributed by atoms with van der Waals surface area (Å²) in [5.74, 6) is -0.302. The van der Waals surface area contributed by atoms with Gasteiger partial charge in [0.05, 0.1) is 0 Å². The van der Waals surface area contributed by atoms with E-state index in [0.717, 1.165) is 29.9 Å². The first-order valence-corrected chi connectivity index (χ1v) is 7.68. The molecule has 1 aromatic heterocycles. The largest absolute Gasteiger partial charge is 0.354 e. The fraction of sp³-hybridized carbons (Fsp3) is 0.615. The van der Waals surface area contributed by atoms with Crippen LogP contribution < -0.4 is 15.5 Å². The van der Waals surface area contributed by atoms with Crippen molar-refractivity contribution in [2.24, 2.45) is 0 Å². The number of rotatable bonds is 4. The summed E-state index contributed by atoms with van der Waals surface area (Å²) in [7, 11) is 0. The van der Waals surface area contributed by atoms with Gasteiger partial charge in [-0.15, -0.1) is 0 Å². The third-order valence-electron chi connectivity index (χ3n) is 3.41. The zero-order chi connectivity index (χ0) is 14.5. The van der Waals surface area contributed by atoms with Crippen LogP contribution in [-0.4, -0.2) is 29.0 Å². The summed E-state index contributed by atoms with van der Waals surface area (Å²) in [6.07, 6.45) is 2.75. The maximum atomic E-state index is 11.9. The van der Waals surface area contributed by atoms with Crippen LogP contribution in [0.5, 0.6) is 0 Å². The van der Waals surface area contributed by atoms with Crippen LogP contribution in [0.15, 0.2) is 10.2 Å². The second-order valence-electron chi connectivity index (χ2n) is 4.95. The molecule has 2 amide bonds. The Kier molecular flexibility index (Phi) is 4.94. The molecular weight excluding hydrogens is 278 g/mol. The molecule has 1 aliphatic rings. The Morgan fingerprint density at radius 1 is 1.50 bits per heavy atom. The van der Waals surface area contributed by atoms with Crippen LogP contribution in [0.25, 0.3) is 0 Å². The lowest BCUT2D eigenvalue weighted by Gasteiger charge is -2.15. The molecule has 0 aliphatic carbocycles. The number of nitrogens with zero attached hydrogens (tertiary/aromatic N) is 1. The van der Waals surface area contributed by atoms with Gasteiger partial charge in [0.2, 0.25) is 11.8 Å². The van der Waals surface area contributed by atoms with Crippen LogP contribution in [-0.2, 0) is 16.1 Å². The van der Waals surface area contributed by atoms with Crippen molar-refractivity contribution in [2.75, 3.05) is 6.54 Å². The molecule has 0 saturated carbocycles. The second kappa shape index (κ2) is 6.69. The number of hydrogen-bond acceptors (Lipinski definition) is 4. The fourth-order valence-electron chi connectivity index (χ4n) is 2.23. The van der Waals surface area contributed by atoms with E-state index in [0.29, 0.717) is 19.5 Å². The molecule has 1 aliphatic heterocycles. The molecule has 1 unspecified atom stereocenters. The van der Waals surface area contributed by atoms with Gasteiger partial charge in [-0.2, -0.15) is 0 Å². The minimum Gasteiger partial charge on any atom is -0.354 e. The SMILES string of the molecule is Cc1csc(=O)n1CCC(=O)NC1CCCCNC1=O. The summed E-state index contributed by atoms with van der Waals surface area (Å²) in [4.78, 5) is 35.1. The molecule has 0 aromatic carbocycles. The summed E-state index contributed by atoms with van der Waals surface area (Å²) in [6.45, 7) is 2.87. The van der Waals surface area contributed by atoms with Gasteiger partial charge < -0.3 is 15.2 Å². The summed E-state index contributed by atoms with van der Waals surface area (Å²) < 4.78 is 1.58. The molecule has 1 aromatic rings. The van der Waals surface area contributed by atoms with Crippen LogP contribution in [0.2, 0.25) is 0 Å². The van der Waals surface area contributed by atoms with Crippen molar-refractivity contribution in [2.45, 2.75) is 45.2 Å². The molecule has 20 heavy (non-hydrogen) atoms. The van der Waals surface area contributed by atoms with Gasteiger partial charge in [0, 0.05) is 30.6 Å². The predicted molar refractivity (Wildman–Crippen MR) is 76.7 cm³/mol. The Hall–Kier alpha value is -1.63. The van der Waals surface area contributed by atoms with Crippen molar-refractivity contribution in [3.05, 3.63) is 20.7 Å². The number of aryl methyl sites for hydroxylation is 1. The van der Waals surface area contributed by atoms with Crippen molar-refractivity contribution in [1.29, 1.82) is 0 Å². The Bertz CT molecular complexity index is 549. The quantitative estimate of drug-likeness (QED) is 0.844. The molecule has 0 radical (unpaired) electrons. The third-order valence-corrected chi connectivity index (χ3v) is 4.29. The summed E-state index contributed by atoms with van der Waals surface area (Å²) in [5.41, 5.74) is 0.861. The van der Waals surface area contributed by atoms with E-state index in [-0.39, 0.29) is 23.1 Å². The molecule has 2 rings (SSSR count). The Morgan fingerprint density at radius 3 is 3.00 bits per heavy atom. The lowest BCUT2D eigenvalue weighted by Crippen LogP contribution is -2.45. The summed E-state index contributed by atoms with van der Waals surface area (Å²) in [5, 5.41) is 7.30. The molecule has 1 saturated heterocycles. The monoisotopic (exact) mass is 297 g/mol. The summed E-state index contributed by atoms with van der Waals surface area (Å²) in [6, 6.07) is -0.440. The van der Waals surface area contributed by atoms with Crippen molar-refractivity contribution in [3.8, 4) is 0 Å². The third kappa shape index (κ3) is 3.69. The van der Waals surface area contributed by atoms with Gasteiger partial charge in [0.1, 0.15) is 6.04 Å². The first kappa shape index (κ1) is 14.8. The smallest absolute Gasteiger partial charge is 0.307 e. The molecule has 2 heterocycles. The first-order chi connectivity index (χ1) is 9.58. The topological polar surface area (TPSA) is 80.2 Å². The highest BCUT2D eigenvalue weighted by molar-refractivity contribution is 7.07. The maximum absolute atomic E-state index is 11.9. The van der Waals surface area contributed by atoms with Gasteiger partial charge in [-0.05, 0) is 26.2 Å². The molecule has 110 valence electrons. The van der Waals surface area contributed by atoms with Crippen LogP contribution >= 0.6 is 11.3 Å². The highest BCUT2D eigenvalue weighted by atomic mass is 32.1. The average molecular weight is 297 g/mol. The van der Waals surface area contributed by atoms with E-state index in [1.807, 2.05) is 6.92 Å². The maximum Gasteiger partial charge on any atom is 0.307 e. The number of nitrogens with one attached hydrogen (secondary N) is 2. The number of carbonyl (C=O) groups is 2. The molecule has 1 atom stereocenters. The van der Waals surface area contributed by atoms with E-state index in [1.54, 1.807) is 9.95 Å². The van der Waals surface area contributed by atoms with Crippen molar-refractivity contribution < 1.29 is 9.59 Å². The van der Waals surface area contributed by atoms with Crippen molar-refractivity contribution in [1.82, 2.24) is 15.2 Å². The van der Waals surface area contributed by atoms with Gasteiger partial charge >= 0.3 is 4.87 Å². The van der Waals surface area contributed by atoms with E-state index < -0.39 is 6.04 Å². The minimum absolute atomic E-state index is 0.0532. The number of amides is 2. The number of aromatic nitrogens is 1. The van der Waals surface area contributed by atoms with E-state index in [4.69, 9.17) is 0 Å². The predicted octanol–water partition coefficient (Wildman–Crippen LogP) is 0.393. The van der Waals surface area contributed by atoms with Crippen LogP contribution in [0, 0.1) is 6.92 Å². The minimum atomic E-state index is -0.440. The highest BCUT2D eigenvalue weighted by Gasteiger charge is 2.22. The van der Waals surface area contributed by atoms with E-state index in [1.165, 1.54) is 0 Å². The molecule has 7 heteroatoms.